The first-order valence-corrected chi connectivity index (χ1v) is 8.41. The summed E-state index contributed by atoms with van der Waals surface area (Å²) in [6.45, 7) is 5.79. The van der Waals surface area contributed by atoms with Gasteiger partial charge in [-0.05, 0) is 48.2 Å². The molecule has 0 N–H and O–H groups in total. The molecule has 3 heteroatoms. The van der Waals surface area contributed by atoms with Crippen LogP contribution in [0.4, 0.5) is 0 Å². The van der Waals surface area contributed by atoms with Crippen LogP contribution in [0.3, 0.4) is 0 Å². The van der Waals surface area contributed by atoms with Crippen LogP contribution in [0.25, 0.3) is 0 Å². The highest BCUT2D eigenvalue weighted by molar-refractivity contribution is 6.30. The fourth-order valence-electron chi connectivity index (χ4n) is 2.81. The molecule has 2 nitrogen and oxygen atoms in total. The Morgan fingerprint density at radius 1 is 1.13 bits per heavy atom. The molecule has 1 aliphatic heterocycles. The highest BCUT2D eigenvalue weighted by atomic mass is 35.5. The van der Waals surface area contributed by atoms with Gasteiger partial charge in [-0.25, -0.2) is 0 Å². The van der Waals surface area contributed by atoms with Crippen molar-refractivity contribution in [3.63, 3.8) is 0 Å². The number of nitrogens with zero attached hydrogens (tertiary/aromatic N) is 1. The highest BCUT2D eigenvalue weighted by Gasteiger charge is 2.12. The minimum atomic E-state index is 0.668. The molecule has 0 saturated heterocycles. The number of aryl methyl sites for hydroxylation is 1. The Balaban J connectivity index is 1.51. The van der Waals surface area contributed by atoms with E-state index in [9.17, 15) is 0 Å². The van der Waals surface area contributed by atoms with Gasteiger partial charge in [0.25, 0.3) is 0 Å². The Hall–Kier alpha value is -1.77. The van der Waals surface area contributed by atoms with E-state index in [4.69, 9.17) is 16.3 Å². The molecule has 0 unspecified atom stereocenters. The number of ether oxygens (including phenoxy) is 1. The third kappa shape index (κ3) is 4.60. The molecular weight excluding hydrogens is 306 g/mol. The van der Waals surface area contributed by atoms with Gasteiger partial charge in [-0.1, -0.05) is 48.0 Å². The van der Waals surface area contributed by atoms with Gasteiger partial charge in [0, 0.05) is 24.7 Å². The van der Waals surface area contributed by atoms with Crippen molar-refractivity contribution in [3.8, 4) is 5.75 Å². The molecule has 0 saturated carbocycles. The molecule has 23 heavy (non-hydrogen) atoms. The van der Waals surface area contributed by atoms with Gasteiger partial charge in [-0.15, -0.1) is 0 Å². The molecule has 2 aromatic carbocycles. The second-order valence-electron chi connectivity index (χ2n) is 6.03. The minimum absolute atomic E-state index is 0.668. The Bertz CT molecular complexity index is 681. The van der Waals surface area contributed by atoms with E-state index in [1.54, 1.807) is 0 Å². The van der Waals surface area contributed by atoms with E-state index in [0.29, 0.717) is 6.61 Å². The summed E-state index contributed by atoms with van der Waals surface area (Å²) in [6.07, 6.45) is 3.37. The lowest BCUT2D eigenvalue weighted by Crippen LogP contribution is -2.29. The van der Waals surface area contributed by atoms with Crippen LogP contribution >= 0.6 is 11.6 Å². The molecule has 0 radical (unpaired) electrons. The molecule has 0 aromatic heterocycles. The Kier molecular flexibility index (Phi) is 5.37. The summed E-state index contributed by atoms with van der Waals surface area (Å²) < 4.78 is 5.94. The quantitative estimate of drug-likeness (QED) is 0.727. The molecule has 0 bridgehead atoms. The van der Waals surface area contributed by atoms with Gasteiger partial charge in [0.1, 0.15) is 12.4 Å². The summed E-state index contributed by atoms with van der Waals surface area (Å²) in [6, 6.07) is 16.4. The predicted molar refractivity (Wildman–Crippen MR) is 96.1 cm³/mol. The molecule has 1 heterocycles. The molecule has 1 aliphatic rings. The van der Waals surface area contributed by atoms with Crippen LogP contribution in [-0.4, -0.2) is 24.6 Å². The average Bonchev–Trinajstić information content (AvgIpc) is 2.56. The fourth-order valence-corrected chi connectivity index (χ4v) is 3.04. The van der Waals surface area contributed by atoms with Gasteiger partial charge in [0.15, 0.2) is 0 Å². The standard InChI is InChI=1S/C20H22ClNO/c1-16-13-19(21)7-8-20(16)23-15-18-9-11-22(12-10-18)14-17-5-3-2-4-6-17/h2-9,13H,10-12,14-15H2,1H3. The van der Waals surface area contributed by atoms with Gasteiger partial charge < -0.3 is 4.74 Å². The maximum atomic E-state index is 5.98. The minimum Gasteiger partial charge on any atom is -0.489 e. The van der Waals surface area contributed by atoms with E-state index in [1.807, 2.05) is 25.1 Å². The van der Waals surface area contributed by atoms with Crippen molar-refractivity contribution in [1.82, 2.24) is 4.90 Å². The van der Waals surface area contributed by atoms with Crippen LogP contribution < -0.4 is 4.74 Å². The van der Waals surface area contributed by atoms with Crippen molar-refractivity contribution >= 4 is 11.6 Å². The summed E-state index contributed by atoms with van der Waals surface area (Å²) in [5, 5.41) is 0.753. The van der Waals surface area contributed by atoms with Crippen LogP contribution in [0.1, 0.15) is 17.5 Å². The van der Waals surface area contributed by atoms with Gasteiger partial charge >= 0.3 is 0 Å². The first-order chi connectivity index (χ1) is 11.2. The number of rotatable bonds is 5. The fraction of sp³-hybridized carbons (Fsp3) is 0.300. The normalized spacial score (nSPS) is 15.3. The number of halogens is 1. The van der Waals surface area contributed by atoms with E-state index in [-0.39, 0.29) is 0 Å². The van der Waals surface area contributed by atoms with E-state index in [2.05, 4.69) is 41.3 Å². The lowest BCUT2D eigenvalue weighted by atomic mass is 10.1. The van der Waals surface area contributed by atoms with Crippen LogP contribution in [0.15, 0.2) is 60.2 Å². The topological polar surface area (TPSA) is 12.5 Å². The van der Waals surface area contributed by atoms with Crippen molar-refractivity contribution in [1.29, 1.82) is 0 Å². The number of benzene rings is 2. The second kappa shape index (κ2) is 7.67. The molecule has 0 aliphatic carbocycles. The Labute approximate surface area is 143 Å². The van der Waals surface area contributed by atoms with Crippen molar-refractivity contribution in [2.24, 2.45) is 0 Å². The van der Waals surface area contributed by atoms with Crippen molar-refractivity contribution in [2.45, 2.75) is 19.9 Å². The first kappa shape index (κ1) is 16.1. The van der Waals surface area contributed by atoms with E-state index < -0.39 is 0 Å². The zero-order valence-electron chi connectivity index (χ0n) is 13.5. The number of hydrogen-bond acceptors (Lipinski definition) is 2. The third-order valence-corrected chi connectivity index (χ3v) is 4.42. The highest BCUT2D eigenvalue weighted by Crippen LogP contribution is 2.23. The smallest absolute Gasteiger partial charge is 0.122 e. The van der Waals surface area contributed by atoms with Gasteiger partial charge in [-0.2, -0.15) is 0 Å². The largest absolute Gasteiger partial charge is 0.489 e. The average molecular weight is 328 g/mol. The Morgan fingerprint density at radius 2 is 1.96 bits per heavy atom. The van der Waals surface area contributed by atoms with Gasteiger partial charge in [0.05, 0.1) is 0 Å². The lowest BCUT2D eigenvalue weighted by Gasteiger charge is -2.26. The molecule has 3 rings (SSSR count). The molecule has 0 spiro atoms. The van der Waals surface area contributed by atoms with Crippen LogP contribution in [0, 0.1) is 6.92 Å². The summed E-state index contributed by atoms with van der Waals surface area (Å²) in [5.41, 5.74) is 3.83. The number of hydrogen-bond donors (Lipinski definition) is 0. The van der Waals surface area contributed by atoms with Crippen LogP contribution in [0.5, 0.6) is 5.75 Å². The first-order valence-electron chi connectivity index (χ1n) is 8.04. The van der Waals surface area contributed by atoms with Crippen LogP contribution in [0.2, 0.25) is 5.02 Å². The second-order valence-corrected chi connectivity index (χ2v) is 6.47. The van der Waals surface area contributed by atoms with E-state index in [0.717, 1.165) is 42.4 Å². The van der Waals surface area contributed by atoms with Crippen molar-refractivity contribution in [3.05, 3.63) is 76.3 Å². The van der Waals surface area contributed by atoms with Crippen molar-refractivity contribution in [2.75, 3.05) is 19.7 Å². The summed E-state index contributed by atoms with van der Waals surface area (Å²) in [7, 11) is 0. The monoisotopic (exact) mass is 327 g/mol. The van der Waals surface area contributed by atoms with E-state index >= 15 is 0 Å². The summed E-state index contributed by atoms with van der Waals surface area (Å²) in [4.78, 5) is 2.46. The predicted octanol–water partition coefficient (Wildman–Crippen LogP) is 4.86. The lowest BCUT2D eigenvalue weighted by molar-refractivity contribution is 0.270. The molecular formula is C20H22ClNO. The molecule has 0 amide bonds. The summed E-state index contributed by atoms with van der Waals surface area (Å²) >= 11 is 5.98. The Morgan fingerprint density at radius 3 is 2.65 bits per heavy atom. The third-order valence-electron chi connectivity index (χ3n) is 4.19. The van der Waals surface area contributed by atoms with Gasteiger partial charge in [-0.3, -0.25) is 4.90 Å². The SMILES string of the molecule is Cc1cc(Cl)ccc1OCC1=CCN(Cc2ccccc2)CC1. The van der Waals surface area contributed by atoms with Crippen molar-refractivity contribution < 1.29 is 4.74 Å². The maximum absolute atomic E-state index is 5.98. The summed E-state index contributed by atoms with van der Waals surface area (Å²) in [5.74, 6) is 0.919. The maximum Gasteiger partial charge on any atom is 0.122 e. The van der Waals surface area contributed by atoms with Crippen LogP contribution in [-0.2, 0) is 6.54 Å². The molecule has 0 fully saturated rings. The van der Waals surface area contributed by atoms with E-state index in [1.165, 1.54) is 11.1 Å². The zero-order valence-corrected chi connectivity index (χ0v) is 14.2. The molecule has 120 valence electrons. The van der Waals surface area contributed by atoms with Gasteiger partial charge in [0.2, 0.25) is 0 Å². The molecule has 2 aromatic rings. The molecule has 0 atom stereocenters. The zero-order chi connectivity index (χ0) is 16.1.